The summed E-state index contributed by atoms with van der Waals surface area (Å²) in [7, 11) is 0. The topological polar surface area (TPSA) is 46.3 Å². The number of hydrogen-bond donors (Lipinski definition) is 1. The standard InChI is InChI=1S/C14H19BrN2O/c1-14(10-16)8-2-3-9-17(14)13(18)11-4-6-12(15)7-5-11/h4-7H,2-3,8-10,16H2,1H3. The molecular formula is C14H19BrN2O. The minimum absolute atomic E-state index is 0.0927. The first kappa shape index (κ1) is 13.6. The van der Waals surface area contributed by atoms with Crippen molar-refractivity contribution in [2.75, 3.05) is 13.1 Å². The van der Waals surface area contributed by atoms with Gasteiger partial charge in [0.05, 0.1) is 5.54 Å². The molecule has 1 heterocycles. The summed E-state index contributed by atoms with van der Waals surface area (Å²) in [6.45, 7) is 3.42. The summed E-state index contributed by atoms with van der Waals surface area (Å²) < 4.78 is 0.985. The Kier molecular flexibility index (Phi) is 4.07. The van der Waals surface area contributed by atoms with Crippen molar-refractivity contribution < 1.29 is 4.79 Å². The van der Waals surface area contributed by atoms with E-state index in [1.54, 1.807) is 0 Å². The molecule has 18 heavy (non-hydrogen) atoms. The van der Waals surface area contributed by atoms with E-state index in [1.807, 2.05) is 29.2 Å². The number of carbonyl (C=O) groups excluding carboxylic acids is 1. The molecule has 0 radical (unpaired) electrons. The van der Waals surface area contributed by atoms with Crippen LogP contribution in [0.4, 0.5) is 0 Å². The van der Waals surface area contributed by atoms with Crippen molar-refractivity contribution in [1.29, 1.82) is 0 Å². The van der Waals surface area contributed by atoms with E-state index >= 15 is 0 Å². The highest BCUT2D eigenvalue weighted by Gasteiger charge is 2.36. The number of likely N-dealkylation sites (tertiary alicyclic amines) is 1. The number of piperidine rings is 1. The van der Waals surface area contributed by atoms with Gasteiger partial charge in [-0.15, -0.1) is 0 Å². The molecule has 1 aliphatic heterocycles. The van der Waals surface area contributed by atoms with Gasteiger partial charge in [0.2, 0.25) is 0 Å². The largest absolute Gasteiger partial charge is 0.332 e. The predicted molar refractivity (Wildman–Crippen MR) is 76.5 cm³/mol. The van der Waals surface area contributed by atoms with Crippen LogP contribution in [0.25, 0.3) is 0 Å². The quantitative estimate of drug-likeness (QED) is 0.913. The molecule has 1 unspecified atom stereocenters. The van der Waals surface area contributed by atoms with Gasteiger partial charge in [-0.05, 0) is 50.5 Å². The van der Waals surface area contributed by atoms with Crippen molar-refractivity contribution in [3.05, 3.63) is 34.3 Å². The summed E-state index contributed by atoms with van der Waals surface area (Å²) in [4.78, 5) is 14.5. The number of carbonyl (C=O) groups is 1. The summed E-state index contributed by atoms with van der Waals surface area (Å²) in [5.74, 6) is 0.0927. The fourth-order valence-electron chi connectivity index (χ4n) is 2.49. The van der Waals surface area contributed by atoms with Crippen LogP contribution in [0.2, 0.25) is 0 Å². The number of nitrogens with two attached hydrogens (primary N) is 1. The van der Waals surface area contributed by atoms with E-state index in [4.69, 9.17) is 5.73 Å². The van der Waals surface area contributed by atoms with Crippen molar-refractivity contribution in [2.24, 2.45) is 5.73 Å². The Hall–Kier alpha value is -0.870. The molecule has 1 atom stereocenters. The van der Waals surface area contributed by atoms with Gasteiger partial charge in [-0.3, -0.25) is 4.79 Å². The maximum atomic E-state index is 12.5. The zero-order chi connectivity index (χ0) is 13.2. The molecule has 0 aromatic heterocycles. The lowest BCUT2D eigenvalue weighted by Gasteiger charge is -2.44. The van der Waals surface area contributed by atoms with Crippen LogP contribution in [0, 0.1) is 0 Å². The molecule has 0 aliphatic carbocycles. The van der Waals surface area contributed by atoms with E-state index in [9.17, 15) is 4.79 Å². The van der Waals surface area contributed by atoms with Crippen molar-refractivity contribution >= 4 is 21.8 Å². The van der Waals surface area contributed by atoms with Crippen molar-refractivity contribution in [2.45, 2.75) is 31.7 Å². The lowest BCUT2D eigenvalue weighted by molar-refractivity contribution is 0.0403. The highest BCUT2D eigenvalue weighted by Crippen LogP contribution is 2.28. The Balaban J connectivity index is 2.23. The van der Waals surface area contributed by atoms with Crippen LogP contribution in [-0.4, -0.2) is 29.4 Å². The van der Waals surface area contributed by atoms with Crippen molar-refractivity contribution in [3.8, 4) is 0 Å². The van der Waals surface area contributed by atoms with Gasteiger partial charge in [0.1, 0.15) is 0 Å². The second-order valence-corrected chi connectivity index (χ2v) is 6.04. The Bertz CT molecular complexity index is 432. The molecular weight excluding hydrogens is 292 g/mol. The molecule has 0 bridgehead atoms. The number of amides is 1. The second kappa shape index (κ2) is 5.41. The Morgan fingerprint density at radius 3 is 2.67 bits per heavy atom. The maximum Gasteiger partial charge on any atom is 0.254 e. The summed E-state index contributed by atoms with van der Waals surface area (Å²) in [5, 5.41) is 0. The van der Waals surface area contributed by atoms with Crippen molar-refractivity contribution in [3.63, 3.8) is 0 Å². The third-order valence-corrected chi connectivity index (χ3v) is 4.30. The van der Waals surface area contributed by atoms with Gasteiger partial charge in [-0.2, -0.15) is 0 Å². The fourth-order valence-corrected chi connectivity index (χ4v) is 2.75. The van der Waals surface area contributed by atoms with Crippen LogP contribution in [0.1, 0.15) is 36.5 Å². The summed E-state index contributed by atoms with van der Waals surface area (Å²) in [5.41, 5.74) is 6.41. The molecule has 1 amide bonds. The van der Waals surface area contributed by atoms with Gasteiger partial charge < -0.3 is 10.6 Å². The molecule has 4 heteroatoms. The number of nitrogens with zero attached hydrogens (tertiary/aromatic N) is 1. The van der Waals surface area contributed by atoms with Crippen LogP contribution < -0.4 is 5.73 Å². The average molecular weight is 311 g/mol. The second-order valence-electron chi connectivity index (χ2n) is 5.12. The van der Waals surface area contributed by atoms with Crippen molar-refractivity contribution in [1.82, 2.24) is 4.90 Å². The Morgan fingerprint density at radius 1 is 1.39 bits per heavy atom. The minimum atomic E-state index is -0.192. The molecule has 1 aliphatic rings. The minimum Gasteiger partial charge on any atom is -0.332 e. The third kappa shape index (κ3) is 2.59. The number of halogens is 1. The average Bonchev–Trinajstić information content (AvgIpc) is 2.39. The van der Waals surface area contributed by atoms with Gasteiger partial charge in [0, 0.05) is 23.1 Å². The van der Waals surface area contributed by atoms with Gasteiger partial charge in [-0.25, -0.2) is 0 Å². The Morgan fingerprint density at radius 2 is 2.06 bits per heavy atom. The normalized spacial score (nSPS) is 24.1. The zero-order valence-corrected chi connectivity index (χ0v) is 12.2. The SMILES string of the molecule is CC1(CN)CCCCN1C(=O)c1ccc(Br)cc1. The van der Waals surface area contributed by atoms with E-state index in [0.29, 0.717) is 6.54 Å². The first-order valence-electron chi connectivity index (χ1n) is 6.34. The van der Waals surface area contributed by atoms with Gasteiger partial charge in [0.15, 0.2) is 0 Å². The van der Waals surface area contributed by atoms with Crippen LogP contribution in [0.3, 0.4) is 0 Å². The van der Waals surface area contributed by atoms with E-state index < -0.39 is 0 Å². The first-order chi connectivity index (χ1) is 8.57. The summed E-state index contributed by atoms with van der Waals surface area (Å²) >= 11 is 3.38. The molecule has 1 aromatic rings. The number of hydrogen-bond acceptors (Lipinski definition) is 2. The zero-order valence-electron chi connectivity index (χ0n) is 10.7. The van der Waals surface area contributed by atoms with Gasteiger partial charge in [-0.1, -0.05) is 15.9 Å². The monoisotopic (exact) mass is 310 g/mol. The van der Waals surface area contributed by atoms with Crippen LogP contribution in [-0.2, 0) is 0 Å². The predicted octanol–water partition coefficient (Wildman–Crippen LogP) is 2.79. The van der Waals surface area contributed by atoms with Crippen LogP contribution in [0.5, 0.6) is 0 Å². The molecule has 0 saturated carbocycles. The molecule has 1 fully saturated rings. The van der Waals surface area contributed by atoms with Crippen LogP contribution >= 0.6 is 15.9 Å². The fraction of sp³-hybridized carbons (Fsp3) is 0.500. The molecule has 2 N–H and O–H groups in total. The van der Waals surface area contributed by atoms with Gasteiger partial charge in [0.25, 0.3) is 5.91 Å². The van der Waals surface area contributed by atoms with Gasteiger partial charge >= 0.3 is 0 Å². The van der Waals surface area contributed by atoms with E-state index in [-0.39, 0.29) is 11.4 Å². The highest BCUT2D eigenvalue weighted by molar-refractivity contribution is 9.10. The van der Waals surface area contributed by atoms with Crippen LogP contribution in [0.15, 0.2) is 28.7 Å². The van der Waals surface area contributed by atoms with E-state index in [1.165, 1.54) is 0 Å². The molecule has 0 spiro atoms. The maximum absolute atomic E-state index is 12.5. The molecule has 2 rings (SSSR count). The highest BCUT2D eigenvalue weighted by atomic mass is 79.9. The lowest BCUT2D eigenvalue weighted by Crippen LogP contribution is -2.56. The van der Waals surface area contributed by atoms with E-state index in [0.717, 1.165) is 35.8 Å². The Labute approximate surface area is 116 Å². The molecule has 1 aromatic carbocycles. The number of benzene rings is 1. The third-order valence-electron chi connectivity index (χ3n) is 3.77. The van der Waals surface area contributed by atoms with E-state index in [2.05, 4.69) is 22.9 Å². The molecule has 98 valence electrons. The lowest BCUT2D eigenvalue weighted by atomic mass is 9.88. The summed E-state index contributed by atoms with van der Waals surface area (Å²) in [6, 6.07) is 7.52. The molecule has 1 saturated heterocycles. The number of rotatable bonds is 2. The first-order valence-corrected chi connectivity index (χ1v) is 7.14. The smallest absolute Gasteiger partial charge is 0.254 e. The molecule has 3 nitrogen and oxygen atoms in total. The summed E-state index contributed by atoms with van der Waals surface area (Å²) in [6.07, 6.45) is 3.21.